The van der Waals surface area contributed by atoms with Crippen LogP contribution in [0.5, 0.6) is 0 Å². The van der Waals surface area contributed by atoms with Gasteiger partial charge in [-0.1, -0.05) is 11.4 Å². The summed E-state index contributed by atoms with van der Waals surface area (Å²) in [5.74, 6) is 0. The van der Waals surface area contributed by atoms with E-state index < -0.39 is 15.5 Å². The molecule has 0 heterocycles. The Balaban J connectivity index is 4.04. The van der Waals surface area contributed by atoms with E-state index in [1.54, 1.807) is 7.11 Å². The van der Waals surface area contributed by atoms with Crippen LogP contribution in [0.2, 0.25) is 6.55 Å². The van der Waals surface area contributed by atoms with Crippen molar-refractivity contribution in [1.82, 2.24) is 0 Å². The van der Waals surface area contributed by atoms with Gasteiger partial charge in [0.2, 0.25) is 0 Å². The van der Waals surface area contributed by atoms with Gasteiger partial charge in [0.15, 0.2) is 8.80 Å². The first-order valence-electron chi connectivity index (χ1n) is 3.38. The number of halogens is 2. The van der Waals surface area contributed by atoms with Crippen LogP contribution in [0.3, 0.4) is 0 Å². The van der Waals surface area contributed by atoms with E-state index in [0.29, 0.717) is 6.23 Å². The number of rotatable bonds is 4. The van der Waals surface area contributed by atoms with Gasteiger partial charge in [0.05, 0.1) is 6.23 Å². The molecule has 0 rings (SSSR count). The highest BCUT2D eigenvalue weighted by molar-refractivity contribution is 7.47. The summed E-state index contributed by atoms with van der Waals surface area (Å²) < 4.78 is 4.94. The zero-order valence-electron chi connectivity index (χ0n) is 7.10. The minimum atomic E-state index is -2.13. The Labute approximate surface area is 85.7 Å². The zero-order valence-corrected chi connectivity index (χ0v) is 10.6. The van der Waals surface area contributed by atoms with Crippen LogP contribution in [0.4, 0.5) is 0 Å². The third kappa shape index (κ3) is 6.95. The fourth-order valence-electron chi connectivity index (χ4n) is 0.540. The molecular weight excluding hydrogens is 227 g/mol. The number of hydrogen-bond acceptors (Lipinski definition) is 1. The summed E-state index contributed by atoms with van der Waals surface area (Å²) in [6, 6.07) is 0. The Kier molecular flexibility index (Phi) is 5.97. The fraction of sp³-hybridized carbons (Fsp3) is 0.429. The highest BCUT2D eigenvalue weighted by Gasteiger charge is 2.16. The molecule has 67 valence electrons. The number of methoxy groups -OCH3 is 1. The van der Waals surface area contributed by atoms with Gasteiger partial charge in [-0.25, -0.2) is 0 Å². The van der Waals surface area contributed by atoms with Crippen LogP contribution < -0.4 is 0 Å². The van der Waals surface area contributed by atoms with Crippen LogP contribution in [0.1, 0.15) is 0 Å². The number of ether oxygens (including phenoxy) is 1. The molecule has 0 saturated heterocycles. The summed E-state index contributed by atoms with van der Waals surface area (Å²) >= 11 is 11.7. The van der Waals surface area contributed by atoms with Gasteiger partial charge in [0.1, 0.15) is 0 Å². The smallest absolute Gasteiger partial charge is 0.270 e. The lowest BCUT2D eigenvalue weighted by Crippen LogP contribution is -2.18. The lowest BCUT2D eigenvalue weighted by molar-refractivity contribution is 0.251. The van der Waals surface area contributed by atoms with Crippen molar-refractivity contribution >= 4 is 37.6 Å². The second-order valence-corrected chi connectivity index (χ2v) is 11.9. The fourth-order valence-corrected chi connectivity index (χ4v) is 4.24. The molecule has 0 saturated carbocycles. The molecule has 0 bridgehead atoms. The summed E-state index contributed by atoms with van der Waals surface area (Å²) in [4.78, 5) is 0. The van der Waals surface area contributed by atoms with Crippen molar-refractivity contribution in [3.8, 4) is 12.0 Å². The monoisotopic (exact) mass is 237 g/mol. The summed E-state index contributed by atoms with van der Waals surface area (Å²) in [5, 5.41) is 0. The molecule has 0 aromatic heterocycles. The summed E-state index contributed by atoms with van der Waals surface area (Å²) in [5.41, 5.74) is 6.44. The molecule has 0 aromatic carbocycles. The van der Waals surface area contributed by atoms with Gasteiger partial charge >= 0.3 is 0 Å². The second-order valence-electron chi connectivity index (χ2n) is 2.39. The van der Waals surface area contributed by atoms with E-state index >= 15 is 0 Å². The molecule has 0 aliphatic rings. The van der Waals surface area contributed by atoms with E-state index in [1.165, 1.54) is 0 Å². The Hall–Kier alpha value is 0.274. The Morgan fingerprint density at radius 2 is 2.25 bits per heavy atom. The molecule has 0 amide bonds. The molecule has 0 aliphatic heterocycles. The van der Waals surface area contributed by atoms with Crippen molar-refractivity contribution in [3.05, 3.63) is 11.4 Å². The maximum Gasteiger partial charge on any atom is 0.270 e. The normalized spacial score (nSPS) is 12.3. The Morgan fingerprint density at radius 1 is 1.67 bits per heavy atom. The van der Waals surface area contributed by atoms with Crippen molar-refractivity contribution in [2.24, 2.45) is 0 Å². The molecule has 0 aliphatic carbocycles. The van der Waals surface area contributed by atoms with Gasteiger partial charge in [0.25, 0.3) is 6.69 Å². The predicted octanol–water partition coefficient (Wildman–Crippen LogP) is 2.02. The highest BCUT2D eigenvalue weighted by atomic mass is 35.7. The van der Waals surface area contributed by atoms with Crippen molar-refractivity contribution in [2.45, 2.75) is 6.55 Å². The van der Waals surface area contributed by atoms with Crippen molar-refractivity contribution in [1.29, 1.82) is 0 Å². The number of terminal acetylenes is 1. The summed E-state index contributed by atoms with van der Waals surface area (Å²) in [6.45, 7) is -0.298. The van der Waals surface area contributed by atoms with E-state index in [2.05, 4.69) is 5.54 Å². The number of hydrogen-bond donors (Lipinski definition) is 0. The first-order valence-corrected chi connectivity index (χ1v) is 9.76. The SMILES string of the molecule is C#C[Si](C=C[Si](C)(Cl)Cl)COC. The molecule has 0 spiro atoms. The van der Waals surface area contributed by atoms with Crippen molar-refractivity contribution in [2.75, 3.05) is 13.3 Å². The standard InChI is InChI=1S/C7H11Cl2OSi2/c1-4-11(7-10-2)5-6-12(3,8)9/h1,5-6H,7H2,2-3H3. The largest absolute Gasteiger partial charge is 0.387 e. The van der Waals surface area contributed by atoms with E-state index in [9.17, 15) is 0 Å². The first-order chi connectivity index (χ1) is 5.49. The van der Waals surface area contributed by atoms with Gasteiger partial charge in [-0.15, -0.1) is 34.1 Å². The molecule has 1 radical (unpaired) electrons. The molecule has 0 fully saturated rings. The van der Waals surface area contributed by atoms with Gasteiger partial charge in [-0.05, 0) is 6.55 Å². The van der Waals surface area contributed by atoms with Crippen molar-refractivity contribution < 1.29 is 4.74 Å². The van der Waals surface area contributed by atoms with E-state index in [0.717, 1.165) is 0 Å². The van der Waals surface area contributed by atoms with Gasteiger partial charge < -0.3 is 4.74 Å². The topological polar surface area (TPSA) is 9.23 Å². The Bertz CT molecular complexity index is 193. The zero-order chi connectivity index (χ0) is 9.61. The maximum absolute atomic E-state index is 5.86. The van der Waals surface area contributed by atoms with Gasteiger partial charge in [0, 0.05) is 7.11 Å². The van der Waals surface area contributed by atoms with E-state index in [1.807, 2.05) is 17.9 Å². The average Bonchev–Trinajstić information content (AvgIpc) is 1.96. The quantitative estimate of drug-likeness (QED) is 0.413. The van der Waals surface area contributed by atoms with Crippen LogP contribution >= 0.6 is 22.2 Å². The van der Waals surface area contributed by atoms with E-state index in [-0.39, 0.29) is 0 Å². The molecule has 0 atom stereocenters. The highest BCUT2D eigenvalue weighted by Crippen LogP contribution is 2.15. The van der Waals surface area contributed by atoms with E-state index in [4.69, 9.17) is 33.3 Å². The second kappa shape index (κ2) is 5.84. The lowest BCUT2D eigenvalue weighted by atomic mass is 11.2. The molecule has 5 heteroatoms. The van der Waals surface area contributed by atoms with Crippen molar-refractivity contribution in [3.63, 3.8) is 0 Å². The molecule has 12 heavy (non-hydrogen) atoms. The summed E-state index contributed by atoms with van der Waals surface area (Å²) in [7, 11) is 0.656. The van der Waals surface area contributed by atoms with Crippen LogP contribution in [-0.2, 0) is 4.74 Å². The lowest BCUT2D eigenvalue weighted by Gasteiger charge is -2.04. The molecular formula is C7H11Cl2OSi2. The third-order valence-electron chi connectivity index (χ3n) is 1.06. The Morgan fingerprint density at radius 3 is 2.58 bits per heavy atom. The third-order valence-corrected chi connectivity index (χ3v) is 4.44. The minimum absolute atomic E-state index is 0.607. The average molecular weight is 238 g/mol. The summed E-state index contributed by atoms with van der Waals surface area (Å²) in [6.07, 6.45) is 5.89. The van der Waals surface area contributed by atoms with Crippen LogP contribution in [-0.4, -0.2) is 28.8 Å². The van der Waals surface area contributed by atoms with Crippen LogP contribution in [0.15, 0.2) is 11.4 Å². The molecule has 0 N–H and O–H groups in total. The first kappa shape index (κ1) is 12.3. The predicted molar refractivity (Wildman–Crippen MR) is 58.9 cm³/mol. The van der Waals surface area contributed by atoms with Gasteiger partial charge in [-0.2, -0.15) is 0 Å². The maximum atomic E-state index is 5.86. The van der Waals surface area contributed by atoms with Gasteiger partial charge in [-0.3, -0.25) is 0 Å². The molecule has 0 aromatic rings. The minimum Gasteiger partial charge on any atom is -0.387 e. The molecule has 0 unspecified atom stereocenters. The molecule has 1 nitrogen and oxygen atoms in total. The van der Waals surface area contributed by atoms with Crippen LogP contribution in [0.25, 0.3) is 0 Å². The van der Waals surface area contributed by atoms with Crippen LogP contribution in [0, 0.1) is 12.0 Å².